The summed E-state index contributed by atoms with van der Waals surface area (Å²) in [6.07, 6.45) is 4.15. The van der Waals surface area contributed by atoms with Crippen molar-refractivity contribution in [3.05, 3.63) is 41.5 Å². The number of hydrogen-bond acceptors (Lipinski definition) is 2. The monoisotopic (exact) mass is 340 g/mol. The number of halogens is 3. The fourth-order valence-corrected chi connectivity index (χ4v) is 2.67. The van der Waals surface area contributed by atoms with Crippen LogP contribution in [0.15, 0.2) is 35.9 Å². The van der Waals surface area contributed by atoms with E-state index < -0.39 is 11.7 Å². The molecule has 0 atom stereocenters. The van der Waals surface area contributed by atoms with E-state index in [4.69, 9.17) is 0 Å². The molecule has 1 aromatic carbocycles. The first-order valence-electron chi connectivity index (χ1n) is 8.31. The van der Waals surface area contributed by atoms with Crippen LogP contribution in [0.3, 0.4) is 0 Å². The lowest BCUT2D eigenvalue weighted by Crippen LogP contribution is -2.23. The van der Waals surface area contributed by atoms with Gasteiger partial charge in [-0.2, -0.15) is 13.2 Å². The maximum absolute atomic E-state index is 12.5. The average Bonchev–Trinajstić information content (AvgIpc) is 2.55. The summed E-state index contributed by atoms with van der Waals surface area (Å²) in [4.78, 5) is 11.8. The SMILES string of the molecule is O=C(CCNCCC1=CCCCC1)Nc1ccc(C(F)(F)F)cc1. The number of alkyl halides is 3. The third-order valence-corrected chi connectivity index (χ3v) is 4.03. The molecular formula is C18H23F3N2O. The Labute approximate surface area is 140 Å². The lowest BCUT2D eigenvalue weighted by atomic mass is 9.97. The van der Waals surface area contributed by atoms with Crippen molar-refractivity contribution in [3.8, 4) is 0 Å². The van der Waals surface area contributed by atoms with E-state index in [1.807, 2.05) is 0 Å². The van der Waals surface area contributed by atoms with Crippen molar-refractivity contribution in [1.29, 1.82) is 0 Å². The van der Waals surface area contributed by atoms with Crippen molar-refractivity contribution in [2.75, 3.05) is 18.4 Å². The van der Waals surface area contributed by atoms with E-state index in [1.54, 1.807) is 0 Å². The zero-order chi connectivity index (χ0) is 17.4. The summed E-state index contributed by atoms with van der Waals surface area (Å²) in [5.74, 6) is -0.209. The zero-order valence-electron chi connectivity index (χ0n) is 13.6. The smallest absolute Gasteiger partial charge is 0.326 e. The largest absolute Gasteiger partial charge is 0.416 e. The first-order chi connectivity index (χ1) is 11.4. The molecule has 24 heavy (non-hydrogen) atoms. The zero-order valence-corrected chi connectivity index (χ0v) is 13.6. The van der Waals surface area contributed by atoms with Gasteiger partial charge in [-0.1, -0.05) is 11.6 Å². The normalized spacial score (nSPS) is 15.0. The van der Waals surface area contributed by atoms with Gasteiger partial charge in [-0.3, -0.25) is 4.79 Å². The summed E-state index contributed by atoms with van der Waals surface area (Å²) in [5.41, 5.74) is 1.14. The highest BCUT2D eigenvalue weighted by Crippen LogP contribution is 2.29. The lowest BCUT2D eigenvalue weighted by molar-refractivity contribution is -0.137. The van der Waals surface area contributed by atoms with Gasteiger partial charge in [0, 0.05) is 18.7 Å². The average molecular weight is 340 g/mol. The Balaban J connectivity index is 1.63. The Hall–Kier alpha value is -1.82. The first kappa shape index (κ1) is 18.5. The summed E-state index contributed by atoms with van der Waals surface area (Å²) >= 11 is 0. The van der Waals surface area contributed by atoms with Crippen LogP contribution in [0, 0.1) is 0 Å². The number of carbonyl (C=O) groups excluding carboxylic acids is 1. The van der Waals surface area contributed by atoms with Crippen LogP contribution < -0.4 is 10.6 Å². The van der Waals surface area contributed by atoms with Gasteiger partial charge < -0.3 is 10.6 Å². The summed E-state index contributed by atoms with van der Waals surface area (Å²) < 4.78 is 37.4. The summed E-state index contributed by atoms with van der Waals surface area (Å²) in [6, 6.07) is 4.46. The van der Waals surface area contributed by atoms with E-state index in [2.05, 4.69) is 16.7 Å². The predicted octanol–water partition coefficient (Wildman–Crippen LogP) is 4.51. The minimum absolute atomic E-state index is 0.209. The molecule has 0 spiro atoms. The number of hydrogen-bond donors (Lipinski definition) is 2. The first-order valence-corrected chi connectivity index (χ1v) is 8.31. The molecule has 0 radical (unpaired) electrons. The second kappa shape index (κ2) is 8.87. The van der Waals surface area contributed by atoms with E-state index in [0.29, 0.717) is 18.7 Å². The Morgan fingerprint density at radius 2 is 1.83 bits per heavy atom. The molecule has 2 rings (SSSR count). The van der Waals surface area contributed by atoms with Gasteiger partial charge in [0.25, 0.3) is 0 Å². The van der Waals surface area contributed by atoms with Gasteiger partial charge in [-0.25, -0.2) is 0 Å². The number of anilines is 1. The highest BCUT2D eigenvalue weighted by Gasteiger charge is 2.29. The maximum Gasteiger partial charge on any atom is 0.416 e. The van der Waals surface area contributed by atoms with Crippen molar-refractivity contribution < 1.29 is 18.0 Å². The molecule has 0 fully saturated rings. The molecule has 0 aromatic heterocycles. The Kier molecular flexibility index (Phi) is 6.85. The molecule has 0 heterocycles. The van der Waals surface area contributed by atoms with Crippen molar-refractivity contribution in [3.63, 3.8) is 0 Å². The molecule has 0 saturated heterocycles. The highest BCUT2D eigenvalue weighted by atomic mass is 19.4. The molecule has 1 aliphatic carbocycles. The fraction of sp³-hybridized carbons (Fsp3) is 0.500. The quantitative estimate of drug-likeness (QED) is 0.566. The van der Waals surface area contributed by atoms with E-state index in [9.17, 15) is 18.0 Å². The molecule has 0 bridgehead atoms. The Bertz CT molecular complexity index is 565. The van der Waals surface area contributed by atoms with Crippen LogP contribution in [0.4, 0.5) is 18.9 Å². The van der Waals surface area contributed by atoms with Crippen LogP contribution in [-0.2, 0) is 11.0 Å². The number of rotatable bonds is 7. The second-order valence-corrected chi connectivity index (χ2v) is 5.98. The molecule has 132 valence electrons. The number of carbonyl (C=O) groups is 1. The van der Waals surface area contributed by atoms with Crippen molar-refractivity contribution in [2.24, 2.45) is 0 Å². The van der Waals surface area contributed by atoms with E-state index in [0.717, 1.165) is 25.1 Å². The lowest BCUT2D eigenvalue weighted by Gasteiger charge is -2.13. The molecule has 2 N–H and O–H groups in total. The van der Waals surface area contributed by atoms with Gasteiger partial charge in [-0.15, -0.1) is 0 Å². The summed E-state index contributed by atoms with van der Waals surface area (Å²) in [5, 5.41) is 5.83. The van der Waals surface area contributed by atoms with Crippen LogP contribution in [0.1, 0.15) is 44.1 Å². The molecular weight excluding hydrogens is 317 g/mol. The van der Waals surface area contributed by atoms with Gasteiger partial charge in [0.2, 0.25) is 5.91 Å². The van der Waals surface area contributed by atoms with E-state index in [-0.39, 0.29) is 5.91 Å². The molecule has 0 unspecified atom stereocenters. The second-order valence-electron chi connectivity index (χ2n) is 5.98. The molecule has 3 nitrogen and oxygen atoms in total. The molecule has 0 aliphatic heterocycles. The molecule has 0 saturated carbocycles. The van der Waals surface area contributed by atoms with E-state index >= 15 is 0 Å². The number of nitrogens with one attached hydrogen (secondary N) is 2. The van der Waals surface area contributed by atoms with E-state index in [1.165, 1.54) is 43.4 Å². The summed E-state index contributed by atoms with van der Waals surface area (Å²) in [7, 11) is 0. The number of allylic oxidation sites excluding steroid dienone is 1. The van der Waals surface area contributed by atoms with Crippen LogP contribution in [0.5, 0.6) is 0 Å². The van der Waals surface area contributed by atoms with Crippen molar-refractivity contribution in [2.45, 2.75) is 44.7 Å². The van der Waals surface area contributed by atoms with Crippen molar-refractivity contribution >= 4 is 11.6 Å². The highest BCUT2D eigenvalue weighted by molar-refractivity contribution is 5.90. The van der Waals surface area contributed by atoms with Crippen LogP contribution in [-0.4, -0.2) is 19.0 Å². The minimum atomic E-state index is -4.36. The minimum Gasteiger partial charge on any atom is -0.326 e. The van der Waals surface area contributed by atoms with Crippen LogP contribution >= 0.6 is 0 Å². The van der Waals surface area contributed by atoms with Gasteiger partial charge in [0.1, 0.15) is 0 Å². The Morgan fingerprint density at radius 1 is 1.08 bits per heavy atom. The van der Waals surface area contributed by atoms with Crippen LogP contribution in [0.2, 0.25) is 0 Å². The topological polar surface area (TPSA) is 41.1 Å². The third-order valence-electron chi connectivity index (χ3n) is 4.03. The standard InChI is InChI=1S/C18H23F3N2O/c19-18(20,21)15-6-8-16(9-7-15)23-17(24)11-13-22-12-10-14-4-2-1-3-5-14/h4,6-9,22H,1-3,5,10-13H2,(H,23,24). The van der Waals surface area contributed by atoms with Gasteiger partial charge in [-0.05, 0) is 62.9 Å². The Morgan fingerprint density at radius 3 is 2.46 bits per heavy atom. The molecule has 1 aromatic rings. The van der Waals surface area contributed by atoms with Gasteiger partial charge in [0.15, 0.2) is 0 Å². The van der Waals surface area contributed by atoms with Crippen molar-refractivity contribution in [1.82, 2.24) is 5.32 Å². The fourth-order valence-electron chi connectivity index (χ4n) is 2.67. The maximum atomic E-state index is 12.5. The number of amides is 1. The molecule has 1 amide bonds. The van der Waals surface area contributed by atoms with Gasteiger partial charge >= 0.3 is 6.18 Å². The molecule has 6 heteroatoms. The predicted molar refractivity (Wildman–Crippen MR) is 88.7 cm³/mol. The van der Waals surface area contributed by atoms with Crippen LogP contribution in [0.25, 0.3) is 0 Å². The summed E-state index contributed by atoms with van der Waals surface area (Å²) in [6.45, 7) is 1.40. The molecule has 1 aliphatic rings. The third kappa shape index (κ3) is 6.35. The van der Waals surface area contributed by atoms with Gasteiger partial charge in [0.05, 0.1) is 5.56 Å². The number of benzene rings is 1.